The summed E-state index contributed by atoms with van der Waals surface area (Å²) in [7, 11) is 0. The Morgan fingerprint density at radius 3 is 2.65 bits per heavy atom. The third kappa shape index (κ3) is 2.47. The fourth-order valence-electron chi connectivity index (χ4n) is 2.49. The Morgan fingerprint density at radius 1 is 1.47 bits per heavy atom. The van der Waals surface area contributed by atoms with Crippen molar-refractivity contribution in [2.75, 3.05) is 13.1 Å². The maximum absolute atomic E-state index is 11.1. The number of aliphatic carboxylic acids is 1. The van der Waals surface area contributed by atoms with Crippen LogP contribution >= 0.6 is 0 Å². The van der Waals surface area contributed by atoms with Gasteiger partial charge in [-0.05, 0) is 30.5 Å². The standard InChI is InChI=1S/C13H18N2O2/c1-9-7-15(8-12(9)13(16)17)10(2)11-3-5-14-6-4-11/h3-6,9-10,12H,7-8H2,1-2H3,(H,16,17). The van der Waals surface area contributed by atoms with Crippen molar-refractivity contribution in [3.8, 4) is 0 Å². The van der Waals surface area contributed by atoms with Crippen LogP contribution in [-0.2, 0) is 4.79 Å². The van der Waals surface area contributed by atoms with Gasteiger partial charge < -0.3 is 5.11 Å². The average Bonchev–Trinajstić information content (AvgIpc) is 2.71. The van der Waals surface area contributed by atoms with Crippen molar-refractivity contribution in [2.45, 2.75) is 19.9 Å². The smallest absolute Gasteiger partial charge is 0.308 e. The van der Waals surface area contributed by atoms with Crippen LogP contribution in [0.1, 0.15) is 25.5 Å². The van der Waals surface area contributed by atoms with Crippen molar-refractivity contribution in [3.63, 3.8) is 0 Å². The third-order valence-corrected chi connectivity index (χ3v) is 3.69. The lowest BCUT2D eigenvalue weighted by Gasteiger charge is -2.24. The predicted molar refractivity (Wildman–Crippen MR) is 64.5 cm³/mol. The summed E-state index contributed by atoms with van der Waals surface area (Å²) in [5.74, 6) is -0.696. The van der Waals surface area contributed by atoms with E-state index in [1.807, 2.05) is 19.1 Å². The van der Waals surface area contributed by atoms with Gasteiger partial charge in [0.2, 0.25) is 0 Å². The van der Waals surface area contributed by atoms with E-state index in [4.69, 9.17) is 5.11 Å². The Morgan fingerprint density at radius 2 is 2.12 bits per heavy atom. The number of carbonyl (C=O) groups is 1. The molecule has 1 aliphatic rings. The number of nitrogens with zero attached hydrogens (tertiary/aromatic N) is 2. The molecular weight excluding hydrogens is 216 g/mol. The summed E-state index contributed by atoms with van der Waals surface area (Å²) in [6, 6.07) is 4.23. The van der Waals surface area contributed by atoms with Crippen LogP contribution in [0.3, 0.4) is 0 Å². The minimum absolute atomic E-state index is 0.219. The van der Waals surface area contributed by atoms with E-state index in [1.165, 1.54) is 5.56 Å². The number of pyridine rings is 1. The normalized spacial score (nSPS) is 26.9. The number of likely N-dealkylation sites (tertiary alicyclic amines) is 1. The molecule has 0 aromatic carbocycles. The molecule has 3 atom stereocenters. The van der Waals surface area contributed by atoms with Gasteiger partial charge in [-0.15, -0.1) is 0 Å². The second-order valence-electron chi connectivity index (χ2n) is 4.83. The minimum atomic E-state index is -0.679. The highest BCUT2D eigenvalue weighted by atomic mass is 16.4. The van der Waals surface area contributed by atoms with E-state index in [0.717, 1.165) is 6.54 Å². The Bertz CT molecular complexity index is 394. The zero-order valence-electron chi connectivity index (χ0n) is 10.2. The molecule has 0 radical (unpaired) electrons. The van der Waals surface area contributed by atoms with E-state index < -0.39 is 5.97 Å². The van der Waals surface area contributed by atoms with Gasteiger partial charge in [0.1, 0.15) is 0 Å². The van der Waals surface area contributed by atoms with Gasteiger partial charge in [-0.25, -0.2) is 0 Å². The van der Waals surface area contributed by atoms with Crippen LogP contribution in [0.4, 0.5) is 0 Å². The summed E-state index contributed by atoms with van der Waals surface area (Å²) in [5, 5.41) is 9.12. The van der Waals surface area contributed by atoms with E-state index in [-0.39, 0.29) is 17.9 Å². The van der Waals surface area contributed by atoms with Gasteiger partial charge in [-0.3, -0.25) is 14.7 Å². The summed E-state index contributed by atoms with van der Waals surface area (Å²) in [5.41, 5.74) is 1.19. The molecule has 1 saturated heterocycles. The quantitative estimate of drug-likeness (QED) is 0.866. The van der Waals surface area contributed by atoms with Gasteiger partial charge in [0.15, 0.2) is 0 Å². The van der Waals surface area contributed by atoms with Gasteiger partial charge in [-0.1, -0.05) is 6.92 Å². The fourth-order valence-corrected chi connectivity index (χ4v) is 2.49. The van der Waals surface area contributed by atoms with Crippen LogP contribution in [0.2, 0.25) is 0 Å². The van der Waals surface area contributed by atoms with Crippen LogP contribution in [0, 0.1) is 11.8 Å². The van der Waals surface area contributed by atoms with Crippen LogP contribution < -0.4 is 0 Å². The highest BCUT2D eigenvalue weighted by Gasteiger charge is 2.36. The van der Waals surface area contributed by atoms with Crippen molar-refractivity contribution < 1.29 is 9.90 Å². The molecule has 1 aromatic heterocycles. The number of hydrogen-bond donors (Lipinski definition) is 1. The van der Waals surface area contributed by atoms with E-state index >= 15 is 0 Å². The molecule has 1 aliphatic heterocycles. The van der Waals surface area contributed by atoms with Crippen LogP contribution in [0.15, 0.2) is 24.5 Å². The lowest BCUT2D eigenvalue weighted by atomic mass is 9.99. The predicted octanol–water partition coefficient (Wildman–Crippen LogP) is 1.80. The molecule has 0 saturated carbocycles. The summed E-state index contributed by atoms with van der Waals surface area (Å²) < 4.78 is 0. The fraction of sp³-hybridized carbons (Fsp3) is 0.538. The molecule has 4 heteroatoms. The highest BCUT2D eigenvalue weighted by molar-refractivity contribution is 5.71. The Labute approximate surface area is 101 Å². The van der Waals surface area contributed by atoms with Gasteiger partial charge in [0.05, 0.1) is 5.92 Å². The van der Waals surface area contributed by atoms with Crippen molar-refractivity contribution >= 4 is 5.97 Å². The molecular formula is C13H18N2O2. The highest BCUT2D eigenvalue weighted by Crippen LogP contribution is 2.30. The zero-order chi connectivity index (χ0) is 12.4. The van der Waals surface area contributed by atoms with E-state index in [9.17, 15) is 4.79 Å². The largest absolute Gasteiger partial charge is 0.481 e. The molecule has 3 unspecified atom stereocenters. The van der Waals surface area contributed by atoms with Crippen LogP contribution in [-0.4, -0.2) is 34.0 Å². The summed E-state index contributed by atoms with van der Waals surface area (Å²) >= 11 is 0. The molecule has 0 spiro atoms. The van der Waals surface area contributed by atoms with E-state index in [2.05, 4.69) is 16.8 Å². The van der Waals surface area contributed by atoms with Gasteiger partial charge >= 0.3 is 5.97 Å². The maximum Gasteiger partial charge on any atom is 0.308 e. The van der Waals surface area contributed by atoms with E-state index in [1.54, 1.807) is 12.4 Å². The lowest BCUT2D eigenvalue weighted by molar-refractivity contribution is -0.142. The van der Waals surface area contributed by atoms with Gasteiger partial charge in [-0.2, -0.15) is 0 Å². The van der Waals surface area contributed by atoms with Crippen molar-refractivity contribution in [3.05, 3.63) is 30.1 Å². The summed E-state index contributed by atoms with van der Waals surface area (Å²) in [6.45, 7) is 5.62. The van der Waals surface area contributed by atoms with Crippen LogP contribution in [0.5, 0.6) is 0 Å². The molecule has 0 aliphatic carbocycles. The first kappa shape index (κ1) is 12.0. The number of hydrogen-bond acceptors (Lipinski definition) is 3. The monoisotopic (exact) mass is 234 g/mol. The molecule has 2 heterocycles. The lowest BCUT2D eigenvalue weighted by Crippen LogP contribution is -2.26. The number of carboxylic acid groups (broad SMARTS) is 1. The molecule has 17 heavy (non-hydrogen) atoms. The maximum atomic E-state index is 11.1. The summed E-state index contributed by atoms with van der Waals surface area (Å²) in [4.78, 5) is 17.3. The third-order valence-electron chi connectivity index (χ3n) is 3.69. The van der Waals surface area contributed by atoms with E-state index in [0.29, 0.717) is 6.54 Å². The molecule has 2 rings (SSSR count). The molecule has 1 N–H and O–H groups in total. The zero-order valence-corrected chi connectivity index (χ0v) is 10.2. The topological polar surface area (TPSA) is 53.4 Å². The van der Waals surface area contributed by atoms with Crippen LogP contribution in [0.25, 0.3) is 0 Å². The molecule has 1 aromatic rings. The molecule has 1 fully saturated rings. The van der Waals surface area contributed by atoms with Crippen molar-refractivity contribution in [1.29, 1.82) is 0 Å². The number of rotatable bonds is 3. The van der Waals surface area contributed by atoms with Gasteiger partial charge in [0.25, 0.3) is 0 Å². The average molecular weight is 234 g/mol. The molecule has 92 valence electrons. The first-order valence-electron chi connectivity index (χ1n) is 5.96. The Hall–Kier alpha value is -1.42. The van der Waals surface area contributed by atoms with Crippen molar-refractivity contribution in [1.82, 2.24) is 9.88 Å². The number of carboxylic acids is 1. The first-order chi connectivity index (χ1) is 8.09. The van der Waals surface area contributed by atoms with Gasteiger partial charge in [0, 0.05) is 31.5 Å². The van der Waals surface area contributed by atoms with Crippen molar-refractivity contribution in [2.24, 2.45) is 11.8 Å². The number of aromatic nitrogens is 1. The summed E-state index contributed by atoms with van der Waals surface area (Å²) in [6.07, 6.45) is 3.56. The SMILES string of the molecule is CC1CN(C(C)c2ccncc2)CC1C(=O)O. The molecule has 4 nitrogen and oxygen atoms in total. The second kappa shape index (κ2) is 4.84. The minimum Gasteiger partial charge on any atom is -0.481 e. The molecule has 0 bridgehead atoms. The first-order valence-corrected chi connectivity index (χ1v) is 5.96. The molecule has 0 amide bonds. The Kier molecular flexibility index (Phi) is 3.43. The second-order valence-corrected chi connectivity index (χ2v) is 4.83. The Balaban J connectivity index is 2.08.